The van der Waals surface area contributed by atoms with Gasteiger partial charge < -0.3 is 15.0 Å². The van der Waals surface area contributed by atoms with Gasteiger partial charge >= 0.3 is 0 Å². The Bertz CT molecular complexity index is 697. The molecule has 0 spiro atoms. The molecule has 0 aliphatic carbocycles. The molecular weight excluding hydrogens is 300 g/mol. The maximum absolute atomic E-state index is 11.9. The third-order valence-electron chi connectivity index (χ3n) is 3.53. The lowest BCUT2D eigenvalue weighted by Gasteiger charge is -2.17. The van der Waals surface area contributed by atoms with E-state index in [-0.39, 0.29) is 11.8 Å². The van der Waals surface area contributed by atoms with Crippen molar-refractivity contribution < 1.29 is 14.3 Å². The van der Waals surface area contributed by atoms with Gasteiger partial charge in [0.25, 0.3) is 5.91 Å². The second-order valence-corrected chi connectivity index (χ2v) is 5.96. The molecule has 6 heteroatoms. The van der Waals surface area contributed by atoms with Crippen LogP contribution in [-0.2, 0) is 11.3 Å². The SMILES string of the molecule is CN1C(=O)CCOc2ccc(CNC(=O)c3cccs3)cc21. The summed E-state index contributed by atoms with van der Waals surface area (Å²) >= 11 is 1.41. The molecule has 2 amide bonds. The fourth-order valence-corrected chi connectivity index (χ4v) is 2.92. The first kappa shape index (κ1) is 14.6. The van der Waals surface area contributed by atoms with Crippen LogP contribution in [0.1, 0.15) is 21.7 Å². The molecule has 0 bridgehead atoms. The first-order valence-electron chi connectivity index (χ1n) is 6.99. The number of carbonyl (C=O) groups excluding carboxylic acids is 2. The van der Waals surface area contributed by atoms with Gasteiger partial charge in [0.05, 0.1) is 23.6 Å². The van der Waals surface area contributed by atoms with Crippen molar-refractivity contribution in [3.8, 4) is 5.75 Å². The van der Waals surface area contributed by atoms with Crippen LogP contribution in [0.5, 0.6) is 5.75 Å². The number of nitrogens with zero attached hydrogens (tertiary/aromatic N) is 1. The molecule has 2 aromatic rings. The molecule has 3 rings (SSSR count). The van der Waals surface area contributed by atoms with E-state index < -0.39 is 0 Å². The van der Waals surface area contributed by atoms with Gasteiger partial charge in [0, 0.05) is 13.6 Å². The highest BCUT2D eigenvalue weighted by atomic mass is 32.1. The van der Waals surface area contributed by atoms with Crippen LogP contribution in [0, 0.1) is 0 Å². The van der Waals surface area contributed by atoms with Crippen molar-refractivity contribution in [2.45, 2.75) is 13.0 Å². The normalized spacial score (nSPS) is 14.0. The zero-order chi connectivity index (χ0) is 15.5. The highest BCUT2D eigenvalue weighted by Crippen LogP contribution is 2.31. The second kappa shape index (κ2) is 6.19. The van der Waals surface area contributed by atoms with Gasteiger partial charge in [0.1, 0.15) is 5.75 Å². The number of anilines is 1. The molecule has 5 nitrogen and oxygen atoms in total. The van der Waals surface area contributed by atoms with Gasteiger partial charge in [-0.2, -0.15) is 0 Å². The third-order valence-corrected chi connectivity index (χ3v) is 4.40. The number of benzene rings is 1. The second-order valence-electron chi connectivity index (χ2n) is 5.01. The van der Waals surface area contributed by atoms with Crippen LogP contribution in [-0.4, -0.2) is 25.5 Å². The summed E-state index contributed by atoms with van der Waals surface area (Å²) in [5, 5.41) is 4.75. The molecule has 0 saturated carbocycles. The molecule has 2 heterocycles. The van der Waals surface area contributed by atoms with Gasteiger partial charge in [-0.25, -0.2) is 0 Å². The monoisotopic (exact) mass is 316 g/mol. The molecule has 1 aromatic carbocycles. The molecule has 1 aromatic heterocycles. The van der Waals surface area contributed by atoms with Crippen molar-refractivity contribution in [2.75, 3.05) is 18.6 Å². The number of rotatable bonds is 3. The molecular formula is C16H16N2O3S. The number of carbonyl (C=O) groups is 2. The minimum absolute atomic E-state index is 0.0264. The van der Waals surface area contributed by atoms with E-state index in [9.17, 15) is 9.59 Å². The van der Waals surface area contributed by atoms with Crippen LogP contribution >= 0.6 is 11.3 Å². The predicted molar refractivity (Wildman–Crippen MR) is 85.5 cm³/mol. The minimum Gasteiger partial charge on any atom is -0.491 e. The number of nitrogens with one attached hydrogen (secondary N) is 1. The van der Waals surface area contributed by atoms with Crippen LogP contribution in [0.2, 0.25) is 0 Å². The number of amides is 2. The van der Waals surface area contributed by atoms with Gasteiger partial charge in [-0.3, -0.25) is 9.59 Å². The van der Waals surface area contributed by atoms with Crippen molar-refractivity contribution in [1.29, 1.82) is 0 Å². The van der Waals surface area contributed by atoms with Crippen molar-refractivity contribution in [3.05, 3.63) is 46.2 Å². The van der Waals surface area contributed by atoms with Gasteiger partial charge in [0.15, 0.2) is 0 Å². The Labute approximate surface area is 132 Å². The van der Waals surface area contributed by atoms with E-state index in [1.165, 1.54) is 11.3 Å². The van der Waals surface area contributed by atoms with Crippen molar-refractivity contribution in [1.82, 2.24) is 5.32 Å². The summed E-state index contributed by atoms with van der Waals surface area (Å²) in [7, 11) is 1.74. The molecule has 114 valence electrons. The number of fused-ring (bicyclic) bond motifs is 1. The molecule has 0 saturated heterocycles. The Balaban J connectivity index is 1.74. The summed E-state index contributed by atoms with van der Waals surface area (Å²) in [5.74, 6) is 0.630. The molecule has 0 radical (unpaired) electrons. The molecule has 1 N–H and O–H groups in total. The lowest BCUT2D eigenvalue weighted by molar-refractivity contribution is -0.118. The summed E-state index contributed by atoms with van der Waals surface area (Å²) in [6.45, 7) is 0.802. The van der Waals surface area contributed by atoms with Crippen LogP contribution in [0.4, 0.5) is 5.69 Å². The molecule has 0 fully saturated rings. The predicted octanol–water partition coefficient (Wildman–Crippen LogP) is 2.42. The molecule has 1 aliphatic heterocycles. The fraction of sp³-hybridized carbons (Fsp3) is 0.250. The summed E-state index contributed by atoms with van der Waals surface area (Å²) in [6.07, 6.45) is 0.371. The third kappa shape index (κ3) is 2.96. The van der Waals surface area contributed by atoms with E-state index in [4.69, 9.17) is 4.74 Å². The standard InChI is InChI=1S/C16H16N2O3S/c1-18-12-9-11(4-5-13(12)21-7-6-15(18)19)10-17-16(20)14-3-2-8-22-14/h2-5,8-9H,6-7,10H2,1H3,(H,17,20). The van der Waals surface area contributed by atoms with Crippen molar-refractivity contribution in [2.24, 2.45) is 0 Å². The van der Waals surface area contributed by atoms with Gasteiger partial charge in [-0.05, 0) is 29.1 Å². The number of thiophene rings is 1. The highest BCUT2D eigenvalue weighted by Gasteiger charge is 2.20. The highest BCUT2D eigenvalue weighted by molar-refractivity contribution is 7.12. The topological polar surface area (TPSA) is 58.6 Å². The Morgan fingerprint density at radius 1 is 1.41 bits per heavy atom. The van der Waals surface area contributed by atoms with E-state index in [2.05, 4.69) is 5.32 Å². The first-order valence-corrected chi connectivity index (χ1v) is 7.87. The molecule has 1 aliphatic rings. The summed E-state index contributed by atoms with van der Waals surface area (Å²) in [5.41, 5.74) is 1.67. The zero-order valence-corrected chi connectivity index (χ0v) is 13.0. The van der Waals surface area contributed by atoms with Gasteiger partial charge in [-0.1, -0.05) is 12.1 Å². The van der Waals surface area contributed by atoms with E-state index in [1.54, 1.807) is 18.0 Å². The lowest BCUT2D eigenvalue weighted by atomic mass is 10.1. The van der Waals surface area contributed by atoms with Gasteiger partial charge in [0.2, 0.25) is 5.91 Å². The molecule has 22 heavy (non-hydrogen) atoms. The molecule has 0 unspecified atom stereocenters. The van der Waals surface area contributed by atoms with Gasteiger partial charge in [-0.15, -0.1) is 11.3 Å². The quantitative estimate of drug-likeness (QED) is 0.946. The average Bonchev–Trinajstić information content (AvgIpc) is 3.02. The Hall–Kier alpha value is -2.34. The number of hydrogen-bond acceptors (Lipinski definition) is 4. The maximum atomic E-state index is 11.9. The fourth-order valence-electron chi connectivity index (χ4n) is 2.28. The first-order chi connectivity index (χ1) is 10.6. The van der Waals surface area contributed by atoms with Crippen molar-refractivity contribution >= 4 is 28.8 Å². The molecule has 0 atom stereocenters. The van der Waals surface area contributed by atoms with Crippen LogP contribution in [0.25, 0.3) is 0 Å². The number of hydrogen-bond donors (Lipinski definition) is 1. The maximum Gasteiger partial charge on any atom is 0.261 e. The van der Waals surface area contributed by atoms with Crippen LogP contribution in [0.15, 0.2) is 35.7 Å². The minimum atomic E-state index is -0.0920. The summed E-state index contributed by atoms with van der Waals surface area (Å²) in [6, 6.07) is 9.26. The Kier molecular flexibility index (Phi) is 4.11. The van der Waals surface area contributed by atoms with E-state index >= 15 is 0 Å². The number of ether oxygens (including phenoxy) is 1. The van der Waals surface area contributed by atoms with E-state index in [0.717, 1.165) is 11.3 Å². The van der Waals surface area contributed by atoms with Crippen molar-refractivity contribution in [3.63, 3.8) is 0 Å². The summed E-state index contributed by atoms with van der Waals surface area (Å²) in [4.78, 5) is 26.1. The largest absolute Gasteiger partial charge is 0.491 e. The zero-order valence-electron chi connectivity index (χ0n) is 12.2. The van der Waals surface area contributed by atoms with E-state index in [1.807, 2.05) is 29.6 Å². The Morgan fingerprint density at radius 2 is 2.27 bits per heavy atom. The Morgan fingerprint density at radius 3 is 3.05 bits per heavy atom. The van der Waals surface area contributed by atoms with Crippen LogP contribution in [0.3, 0.4) is 0 Å². The average molecular weight is 316 g/mol. The summed E-state index contributed by atoms with van der Waals surface area (Å²) < 4.78 is 5.58. The van der Waals surface area contributed by atoms with Crippen LogP contribution < -0.4 is 15.0 Å². The lowest BCUT2D eigenvalue weighted by Crippen LogP contribution is -2.25. The van der Waals surface area contributed by atoms with E-state index in [0.29, 0.717) is 30.2 Å². The smallest absolute Gasteiger partial charge is 0.261 e.